The van der Waals surface area contributed by atoms with Crippen LogP contribution in [0.2, 0.25) is 0 Å². The predicted octanol–water partition coefficient (Wildman–Crippen LogP) is 1.71. The average Bonchev–Trinajstić information content (AvgIpc) is 3.26. The van der Waals surface area contributed by atoms with Crippen LogP contribution in [0.5, 0.6) is 0 Å². The van der Waals surface area contributed by atoms with E-state index >= 15 is 0 Å². The van der Waals surface area contributed by atoms with Crippen molar-refractivity contribution in [2.45, 2.75) is 31.8 Å². The molecule has 0 radical (unpaired) electrons. The summed E-state index contributed by atoms with van der Waals surface area (Å²) in [6, 6.07) is 3.47. The number of aromatic nitrogens is 1. The lowest BCUT2D eigenvalue weighted by Crippen LogP contribution is -2.57. The van der Waals surface area contributed by atoms with Gasteiger partial charge < -0.3 is 18.7 Å². The first-order valence-electron chi connectivity index (χ1n) is 7.72. The SMILES string of the molecule is Cc1oncc1C(=O)N1CC2CCC(C1)N2C(=O)c1ccco1. The van der Waals surface area contributed by atoms with E-state index in [1.165, 1.54) is 12.5 Å². The molecule has 23 heavy (non-hydrogen) atoms. The molecule has 0 spiro atoms. The molecule has 2 aromatic rings. The van der Waals surface area contributed by atoms with Gasteiger partial charge in [-0.25, -0.2) is 0 Å². The van der Waals surface area contributed by atoms with Gasteiger partial charge in [0.15, 0.2) is 5.76 Å². The first-order chi connectivity index (χ1) is 11.1. The van der Waals surface area contributed by atoms with E-state index < -0.39 is 0 Å². The third kappa shape index (κ3) is 2.23. The molecule has 2 atom stereocenters. The molecule has 2 unspecified atom stereocenters. The normalized spacial score (nSPS) is 23.3. The Kier molecular flexibility index (Phi) is 3.21. The zero-order chi connectivity index (χ0) is 16.0. The van der Waals surface area contributed by atoms with E-state index in [-0.39, 0.29) is 23.9 Å². The van der Waals surface area contributed by atoms with Gasteiger partial charge in [-0.1, -0.05) is 5.16 Å². The number of rotatable bonds is 2. The van der Waals surface area contributed by atoms with Crippen LogP contribution in [0.15, 0.2) is 33.5 Å². The molecule has 0 aromatic carbocycles. The molecule has 0 saturated carbocycles. The fraction of sp³-hybridized carbons (Fsp3) is 0.438. The second-order valence-electron chi connectivity index (χ2n) is 6.08. The van der Waals surface area contributed by atoms with Crippen molar-refractivity contribution in [2.75, 3.05) is 13.1 Å². The lowest BCUT2D eigenvalue weighted by molar-refractivity contribution is 0.0340. The molecule has 7 heteroatoms. The number of nitrogens with zero attached hydrogens (tertiary/aromatic N) is 3. The number of carbonyl (C=O) groups is 2. The molecule has 120 valence electrons. The van der Waals surface area contributed by atoms with Crippen LogP contribution in [0, 0.1) is 6.92 Å². The van der Waals surface area contributed by atoms with Crippen molar-refractivity contribution in [1.29, 1.82) is 0 Å². The molecule has 7 nitrogen and oxygen atoms in total. The lowest BCUT2D eigenvalue weighted by Gasteiger charge is -2.40. The maximum atomic E-state index is 12.6. The van der Waals surface area contributed by atoms with Crippen molar-refractivity contribution in [3.05, 3.63) is 41.7 Å². The summed E-state index contributed by atoms with van der Waals surface area (Å²) in [4.78, 5) is 28.9. The van der Waals surface area contributed by atoms with Gasteiger partial charge in [-0.05, 0) is 31.9 Å². The van der Waals surface area contributed by atoms with Crippen LogP contribution in [0.1, 0.15) is 39.5 Å². The Morgan fingerprint density at radius 1 is 1.22 bits per heavy atom. The first-order valence-corrected chi connectivity index (χ1v) is 7.72. The summed E-state index contributed by atoms with van der Waals surface area (Å²) in [6.45, 7) is 2.80. The van der Waals surface area contributed by atoms with E-state index in [2.05, 4.69) is 5.16 Å². The molecule has 2 bridgehead atoms. The summed E-state index contributed by atoms with van der Waals surface area (Å²) < 4.78 is 10.2. The van der Waals surface area contributed by atoms with Crippen LogP contribution in [0.3, 0.4) is 0 Å². The standard InChI is InChI=1S/C16H17N3O4/c1-10-13(7-17-23-10)15(20)18-8-11-4-5-12(9-18)19(11)16(21)14-3-2-6-22-14/h2-3,6-7,11-12H,4-5,8-9H2,1H3. The molecule has 2 amide bonds. The van der Waals surface area contributed by atoms with Crippen molar-refractivity contribution in [2.24, 2.45) is 0 Å². The predicted molar refractivity (Wildman–Crippen MR) is 78.8 cm³/mol. The quantitative estimate of drug-likeness (QED) is 0.843. The van der Waals surface area contributed by atoms with Crippen LogP contribution >= 0.6 is 0 Å². The smallest absolute Gasteiger partial charge is 0.290 e. The number of carbonyl (C=O) groups excluding carboxylic acids is 2. The average molecular weight is 315 g/mol. The number of piperazine rings is 1. The first kappa shape index (κ1) is 14.0. The summed E-state index contributed by atoms with van der Waals surface area (Å²) in [5.41, 5.74) is 0.496. The van der Waals surface area contributed by atoms with E-state index in [0.717, 1.165) is 12.8 Å². The summed E-state index contributed by atoms with van der Waals surface area (Å²) >= 11 is 0. The Morgan fingerprint density at radius 3 is 2.52 bits per heavy atom. The molecule has 2 fully saturated rings. The van der Waals surface area contributed by atoms with Gasteiger partial charge in [-0.15, -0.1) is 0 Å². The molecule has 2 aliphatic heterocycles. The summed E-state index contributed by atoms with van der Waals surface area (Å²) in [6.07, 6.45) is 4.77. The Hall–Kier alpha value is -2.57. The fourth-order valence-electron chi connectivity index (χ4n) is 3.60. The van der Waals surface area contributed by atoms with Crippen LogP contribution in [-0.4, -0.2) is 51.9 Å². The van der Waals surface area contributed by atoms with Gasteiger partial charge in [0.25, 0.3) is 11.8 Å². The zero-order valence-corrected chi connectivity index (χ0v) is 12.8. The number of furan rings is 1. The Balaban J connectivity index is 1.53. The van der Waals surface area contributed by atoms with E-state index in [9.17, 15) is 9.59 Å². The number of hydrogen-bond donors (Lipinski definition) is 0. The van der Waals surface area contributed by atoms with Crippen molar-refractivity contribution in [3.8, 4) is 0 Å². The third-order valence-corrected chi connectivity index (χ3v) is 4.72. The minimum absolute atomic E-state index is 0.0375. The van der Waals surface area contributed by atoms with E-state index in [1.807, 2.05) is 4.90 Å². The number of likely N-dealkylation sites (tertiary alicyclic amines) is 1. The largest absolute Gasteiger partial charge is 0.459 e. The Labute approximate surface area is 132 Å². The van der Waals surface area contributed by atoms with Gasteiger partial charge in [-0.3, -0.25) is 9.59 Å². The Bertz CT molecular complexity index is 722. The summed E-state index contributed by atoms with van der Waals surface area (Å²) in [7, 11) is 0. The number of hydrogen-bond acceptors (Lipinski definition) is 5. The highest BCUT2D eigenvalue weighted by molar-refractivity contribution is 5.96. The highest BCUT2D eigenvalue weighted by atomic mass is 16.5. The van der Waals surface area contributed by atoms with Gasteiger partial charge in [0.2, 0.25) is 0 Å². The topological polar surface area (TPSA) is 79.8 Å². The van der Waals surface area contributed by atoms with E-state index in [1.54, 1.807) is 24.0 Å². The highest BCUT2D eigenvalue weighted by Gasteiger charge is 2.45. The van der Waals surface area contributed by atoms with Crippen molar-refractivity contribution in [3.63, 3.8) is 0 Å². The Morgan fingerprint density at radius 2 is 1.96 bits per heavy atom. The van der Waals surface area contributed by atoms with E-state index in [0.29, 0.717) is 30.2 Å². The zero-order valence-electron chi connectivity index (χ0n) is 12.8. The molecule has 4 rings (SSSR count). The summed E-state index contributed by atoms with van der Waals surface area (Å²) in [5.74, 6) is 0.717. The number of fused-ring (bicyclic) bond motifs is 2. The molecular weight excluding hydrogens is 298 g/mol. The minimum Gasteiger partial charge on any atom is -0.459 e. The maximum Gasteiger partial charge on any atom is 0.290 e. The molecule has 0 aliphatic carbocycles. The lowest BCUT2D eigenvalue weighted by atomic mass is 10.1. The van der Waals surface area contributed by atoms with Crippen molar-refractivity contribution < 1.29 is 18.5 Å². The van der Waals surface area contributed by atoms with Gasteiger partial charge in [0, 0.05) is 13.1 Å². The fourth-order valence-corrected chi connectivity index (χ4v) is 3.60. The third-order valence-electron chi connectivity index (χ3n) is 4.72. The van der Waals surface area contributed by atoms with Gasteiger partial charge in [-0.2, -0.15) is 0 Å². The summed E-state index contributed by atoms with van der Waals surface area (Å²) in [5, 5.41) is 3.67. The van der Waals surface area contributed by atoms with Crippen LogP contribution in [0.4, 0.5) is 0 Å². The van der Waals surface area contributed by atoms with Gasteiger partial charge >= 0.3 is 0 Å². The minimum atomic E-state index is -0.0873. The molecule has 2 saturated heterocycles. The monoisotopic (exact) mass is 315 g/mol. The molecule has 4 heterocycles. The second kappa shape index (κ2) is 5.26. The van der Waals surface area contributed by atoms with Crippen molar-refractivity contribution >= 4 is 11.8 Å². The second-order valence-corrected chi connectivity index (χ2v) is 6.08. The number of amides is 2. The van der Waals surface area contributed by atoms with Gasteiger partial charge in [0.1, 0.15) is 11.3 Å². The van der Waals surface area contributed by atoms with Crippen LogP contribution in [0.25, 0.3) is 0 Å². The molecular formula is C16H17N3O4. The van der Waals surface area contributed by atoms with Crippen LogP contribution in [-0.2, 0) is 0 Å². The molecule has 2 aliphatic rings. The van der Waals surface area contributed by atoms with Crippen molar-refractivity contribution in [1.82, 2.24) is 15.0 Å². The molecule has 0 N–H and O–H groups in total. The maximum absolute atomic E-state index is 12.6. The highest BCUT2D eigenvalue weighted by Crippen LogP contribution is 2.32. The van der Waals surface area contributed by atoms with Gasteiger partial charge in [0.05, 0.1) is 24.5 Å². The number of aryl methyl sites for hydroxylation is 1. The van der Waals surface area contributed by atoms with Crippen LogP contribution < -0.4 is 0 Å². The van der Waals surface area contributed by atoms with E-state index in [4.69, 9.17) is 8.94 Å². The molecule has 2 aromatic heterocycles.